The van der Waals surface area contributed by atoms with Crippen molar-refractivity contribution in [3.63, 3.8) is 0 Å². The van der Waals surface area contributed by atoms with Crippen LogP contribution in [0.2, 0.25) is 0 Å². The molecule has 0 unspecified atom stereocenters. The number of nitrogens with zero attached hydrogens (tertiary/aromatic N) is 1. The predicted octanol–water partition coefficient (Wildman–Crippen LogP) is 8.32. The summed E-state index contributed by atoms with van der Waals surface area (Å²) >= 11 is 1.94. The zero-order valence-corrected chi connectivity index (χ0v) is 27.8. The largest absolute Gasteiger partial charge is 0.493 e. The third-order valence-corrected chi connectivity index (χ3v) is 7.81. The molecule has 0 fully saturated rings. The number of quaternary nitrogens is 1. The number of anilines is 1. The number of rotatable bonds is 18. The van der Waals surface area contributed by atoms with Crippen LogP contribution in [-0.4, -0.2) is 53.4 Å². The minimum absolute atomic E-state index is 0.245. The molecule has 2 N–H and O–H groups in total. The van der Waals surface area contributed by atoms with Crippen LogP contribution >= 0.6 is 16.3 Å². The summed E-state index contributed by atoms with van der Waals surface area (Å²) in [6.45, 7) is 10.2. The van der Waals surface area contributed by atoms with E-state index in [0.29, 0.717) is 46.7 Å². The number of unbranched alkanes of at least 4 members (excludes halogenated alkanes) is 5. The van der Waals surface area contributed by atoms with E-state index < -0.39 is 5.97 Å². The third-order valence-electron chi connectivity index (χ3n) is 7.81. The minimum Gasteiger partial charge on any atom is -0.493 e. The predicted molar refractivity (Wildman–Crippen MR) is 177 cm³/mol. The second-order valence-corrected chi connectivity index (χ2v) is 10.8. The van der Waals surface area contributed by atoms with Gasteiger partial charge in [-0.05, 0) is 68.8 Å². The van der Waals surface area contributed by atoms with E-state index in [1.807, 2.05) is 40.5 Å². The van der Waals surface area contributed by atoms with Crippen LogP contribution in [0.15, 0.2) is 72.8 Å². The number of amides is 1. The lowest BCUT2D eigenvalue weighted by molar-refractivity contribution is -0.937. The summed E-state index contributed by atoms with van der Waals surface area (Å²) in [4.78, 5) is 25.7. The number of ether oxygens (including phenoxy) is 2. The van der Waals surface area contributed by atoms with E-state index in [1.54, 1.807) is 42.5 Å². The molecule has 0 saturated heterocycles. The average molecular weight is 675 g/mol. The topological polar surface area (TPSA) is 84.9 Å². The highest BCUT2D eigenvalue weighted by molar-refractivity contribution is 9.05. The van der Waals surface area contributed by atoms with Crippen LogP contribution in [0.4, 0.5) is 10.1 Å². The smallest absolute Gasteiger partial charge is 0.338 e. The first kappa shape index (κ1) is 36.9. The Hall–Kier alpha value is -3.27. The monoisotopic (exact) mass is 673 g/mol. The van der Waals surface area contributed by atoms with E-state index >= 15 is 0 Å². The number of carbonyl (C=O) groups is 2. The van der Waals surface area contributed by atoms with Crippen LogP contribution in [0, 0.1) is 5.82 Å². The molecule has 0 spiro atoms. The van der Waals surface area contributed by atoms with Crippen molar-refractivity contribution in [3.8, 4) is 5.75 Å². The second-order valence-electron chi connectivity index (χ2n) is 10.8. The van der Waals surface area contributed by atoms with Crippen molar-refractivity contribution in [3.05, 3.63) is 95.3 Å². The molecule has 0 aliphatic heterocycles. The molecule has 3 aromatic rings. The van der Waals surface area contributed by atoms with Crippen LogP contribution < -0.4 is 10.1 Å². The van der Waals surface area contributed by atoms with Gasteiger partial charge in [0, 0.05) is 11.3 Å². The van der Waals surface area contributed by atoms with E-state index in [9.17, 15) is 14.0 Å². The molecule has 0 bridgehead atoms. The highest BCUT2D eigenvalue weighted by atomic mass is 79.9. The first-order chi connectivity index (χ1) is 21.4. The molecule has 0 heterocycles. The Morgan fingerprint density at radius 3 is 2.20 bits per heavy atom. The van der Waals surface area contributed by atoms with Gasteiger partial charge in [0.25, 0.3) is 5.91 Å². The van der Waals surface area contributed by atoms with Gasteiger partial charge in [-0.25, -0.2) is 9.18 Å². The number of para-hydroxylation sites is 1. The Morgan fingerprint density at radius 2 is 1.52 bits per heavy atom. The molecule has 3 aromatic carbocycles. The first-order valence-electron chi connectivity index (χ1n) is 15.5. The van der Waals surface area contributed by atoms with Crippen LogP contribution in [0.5, 0.6) is 5.75 Å². The molecule has 44 heavy (non-hydrogen) atoms. The lowest BCUT2D eigenvalue weighted by Gasteiger charge is -2.36. The molecule has 7 nitrogen and oxygen atoms in total. The van der Waals surface area contributed by atoms with Gasteiger partial charge in [-0.1, -0.05) is 63.3 Å². The lowest BCUT2D eigenvalue weighted by Crippen LogP contribution is -2.49. The summed E-state index contributed by atoms with van der Waals surface area (Å²) in [5.74, 6) is -0.368. The van der Waals surface area contributed by atoms with Gasteiger partial charge in [0.1, 0.15) is 31.3 Å². The lowest BCUT2D eigenvalue weighted by atomic mass is 10.1. The number of nitrogens with one attached hydrogen (secondary N) is 1. The van der Waals surface area contributed by atoms with Crippen molar-refractivity contribution in [2.45, 2.75) is 65.8 Å². The maximum Gasteiger partial charge on any atom is 0.338 e. The highest BCUT2D eigenvalue weighted by Gasteiger charge is 2.25. The van der Waals surface area contributed by atoms with Crippen molar-refractivity contribution < 1.29 is 32.1 Å². The fourth-order valence-electron chi connectivity index (χ4n) is 5.01. The normalized spacial score (nSPS) is 10.9. The van der Waals surface area contributed by atoms with Gasteiger partial charge in [0.15, 0.2) is 0 Å². The molecule has 240 valence electrons. The number of benzene rings is 3. The summed E-state index contributed by atoms with van der Waals surface area (Å²) in [7, 11) is 0. The molecular formula is C35H47BrFN2O5+. The Balaban J connectivity index is 0.00000330. The van der Waals surface area contributed by atoms with Crippen molar-refractivity contribution in [2.75, 3.05) is 38.2 Å². The van der Waals surface area contributed by atoms with Gasteiger partial charge >= 0.3 is 5.97 Å². The summed E-state index contributed by atoms with van der Waals surface area (Å²) in [5.41, 5.74) is 2.38. The molecule has 9 heteroatoms. The molecule has 1 amide bonds. The molecule has 0 aliphatic rings. The zero-order valence-electron chi connectivity index (χ0n) is 26.2. The zero-order chi connectivity index (χ0) is 32.2. The van der Waals surface area contributed by atoms with E-state index in [4.69, 9.17) is 13.7 Å². The number of hydrogen-bond donors (Lipinski definition) is 2. The fraction of sp³-hybridized carbons (Fsp3) is 0.429. The molecule has 0 saturated carbocycles. The van der Waals surface area contributed by atoms with Crippen molar-refractivity contribution in [1.82, 2.24) is 0 Å². The van der Waals surface area contributed by atoms with Gasteiger partial charge in [0.2, 0.25) is 0 Å². The molecule has 0 aromatic heterocycles. The quantitative estimate of drug-likeness (QED) is 0.0806. The Morgan fingerprint density at radius 1 is 0.841 bits per heavy atom. The molecule has 0 atom stereocenters. The second kappa shape index (κ2) is 20.6. The van der Waals surface area contributed by atoms with Crippen LogP contribution in [0.25, 0.3) is 0 Å². The van der Waals surface area contributed by atoms with E-state index in [1.165, 1.54) is 31.7 Å². The Bertz CT molecular complexity index is 1270. The standard InChI is InChI=1S/C35H45FN2O4.BrHO/c1-4-7-8-9-10-13-24-41-33-18-12-11-17-32(33)34(39)37-31-21-19-29(20-22-31)35(40)42-25-23-38(5-2,6-3)27-28-15-14-16-30(36)26-28;1-2/h11-12,14-22,26H,4-10,13,23-25,27H2,1-3H3;2H/p+1. The first-order valence-corrected chi connectivity index (χ1v) is 16.2. The molecule has 0 aliphatic carbocycles. The van der Waals surface area contributed by atoms with Crippen molar-refractivity contribution >= 4 is 33.8 Å². The van der Waals surface area contributed by atoms with Gasteiger partial charge in [0.05, 0.1) is 47.1 Å². The maximum atomic E-state index is 13.7. The van der Waals surface area contributed by atoms with Crippen LogP contribution in [0.3, 0.4) is 0 Å². The summed E-state index contributed by atoms with van der Waals surface area (Å²) < 4.78 is 32.7. The van der Waals surface area contributed by atoms with E-state index in [-0.39, 0.29) is 18.3 Å². The summed E-state index contributed by atoms with van der Waals surface area (Å²) in [5, 5.41) is 2.89. The fourth-order valence-corrected chi connectivity index (χ4v) is 5.01. The van der Waals surface area contributed by atoms with Gasteiger partial charge < -0.3 is 23.5 Å². The Labute approximate surface area is 270 Å². The van der Waals surface area contributed by atoms with Crippen molar-refractivity contribution in [2.24, 2.45) is 0 Å². The van der Waals surface area contributed by atoms with Crippen LogP contribution in [-0.2, 0) is 11.3 Å². The SMILES string of the molecule is CCCCCCCCOc1ccccc1C(=O)Nc1ccc(C(=O)OCC[N+](CC)(CC)Cc2cccc(F)c2)cc1.OBr. The van der Waals surface area contributed by atoms with Crippen molar-refractivity contribution in [1.29, 1.82) is 0 Å². The van der Waals surface area contributed by atoms with E-state index in [2.05, 4.69) is 26.1 Å². The number of esters is 1. The van der Waals surface area contributed by atoms with Crippen LogP contribution in [0.1, 0.15) is 85.6 Å². The highest BCUT2D eigenvalue weighted by Crippen LogP contribution is 2.21. The maximum absolute atomic E-state index is 13.7. The number of halogens is 2. The number of likely N-dealkylation sites (N-methyl/N-ethyl adjacent to an activating group) is 1. The molecular weight excluding hydrogens is 627 g/mol. The molecule has 3 rings (SSSR count). The number of carbonyl (C=O) groups excluding carboxylic acids is 2. The van der Waals surface area contributed by atoms with Gasteiger partial charge in [-0.15, -0.1) is 0 Å². The minimum atomic E-state index is -0.419. The molecule has 0 radical (unpaired) electrons. The van der Waals surface area contributed by atoms with E-state index in [0.717, 1.165) is 31.5 Å². The average Bonchev–Trinajstić information content (AvgIpc) is 3.05. The summed E-state index contributed by atoms with van der Waals surface area (Å²) in [6, 6.07) is 20.6. The third kappa shape index (κ3) is 12.4. The van der Waals surface area contributed by atoms with Gasteiger partial charge in [-0.2, -0.15) is 0 Å². The summed E-state index contributed by atoms with van der Waals surface area (Å²) in [6.07, 6.45) is 7.03. The number of hydrogen-bond acceptors (Lipinski definition) is 5. The Kier molecular flexibility index (Phi) is 17.3. The van der Waals surface area contributed by atoms with Gasteiger partial charge in [-0.3, -0.25) is 4.79 Å².